The molecule has 1 saturated heterocycles. The summed E-state index contributed by atoms with van der Waals surface area (Å²) in [6.45, 7) is 0.994. The van der Waals surface area contributed by atoms with E-state index in [2.05, 4.69) is 10.3 Å². The second-order valence-electron chi connectivity index (χ2n) is 4.11. The van der Waals surface area contributed by atoms with E-state index in [0.717, 1.165) is 0 Å². The maximum Gasteiger partial charge on any atom is 0.269 e. The van der Waals surface area contributed by atoms with Gasteiger partial charge < -0.3 is 10.2 Å². The molecule has 1 amide bonds. The number of ketones is 1. The third kappa shape index (κ3) is 2.47. The van der Waals surface area contributed by atoms with E-state index in [4.69, 9.17) is 0 Å². The number of carbonyl (C=O) groups is 2. The van der Waals surface area contributed by atoms with Crippen molar-refractivity contribution in [2.24, 2.45) is 0 Å². The molecule has 1 fully saturated rings. The number of carbonyl (C=O) groups excluding carboxylic acids is 2. The first-order chi connectivity index (χ1) is 8.61. The van der Waals surface area contributed by atoms with Crippen LogP contribution in [0.1, 0.15) is 23.3 Å². The molecule has 0 spiro atoms. The summed E-state index contributed by atoms with van der Waals surface area (Å²) in [7, 11) is 1.46. The van der Waals surface area contributed by atoms with Crippen LogP contribution in [0, 0.1) is 5.95 Å². The Morgan fingerprint density at radius 3 is 2.61 bits per heavy atom. The third-order valence-corrected chi connectivity index (χ3v) is 2.95. The molecule has 1 aromatic rings. The Balaban J connectivity index is 2.19. The van der Waals surface area contributed by atoms with E-state index < -0.39 is 11.9 Å². The maximum atomic E-state index is 13.8. The predicted octanol–water partition coefficient (Wildman–Crippen LogP) is 0.750. The number of anilines is 1. The molecule has 1 aromatic heterocycles. The van der Waals surface area contributed by atoms with Gasteiger partial charge in [-0.15, -0.1) is 0 Å². The van der Waals surface area contributed by atoms with Crippen LogP contribution in [0.25, 0.3) is 0 Å². The van der Waals surface area contributed by atoms with Gasteiger partial charge in [0, 0.05) is 33.0 Å². The zero-order valence-corrected chi connectivity index (χ0v) is 10.1. The highest BCUT2D eigenvalue weighted by Gasteiger charge is 2.20. The number of piperidine rings is 1. The molecular formula is C12H14FN3O2. The minimum Gasteiger partial charge on any atom is -0.367 e. The van der Waals surface area contributed by atoms with E-state index in [1.807, 2.05) is 0 Å². The monoisotopic (exact) mass is 251 g/mol. The number of aromatic nitrogens is 1. The fraction of sp³-hybridized carbons (Fsp3) is 0.417. The summed E-state index contributed by atoms with van der Waals surface area (Å²) < 4.78 is 13.8. The number of amides is 1. The lowest BCUT2D eigenvalue weighted by atomic mass is 10.1. The zero-order chi connectivity index (χ0) is 13.1. The summed E-state index contributed by atoms with van der Waals surface area (Å²) in [5.74, 6) is -0.902. The van der Waals surface area contributed by atoms with Gasteiger partial charge in [-0.05, 0) is 12.1 Å². The number of nitrogens with one attached hydrogen (secondary N) is 1. The van der Waals surface area contributed by atoms with Crippen molar-refractivity contribution < 1.29 is 14.0 Å². The molecule has 0 saturated carbocycles. The van der Waals surface area contributed by atoms with Crippen LogP contribution in [0.4, 0.5) is 10.1 Å². The summed E-state index contributed by atoms with van der Waals surface area (Å²) in [4.78, 5) is 27.8. The summed E-state index contributed by atoms with van der Waals surface area (Å²) in [5, 5.41) is 2.39. The Hall–Kier alpha value is -1.98. The number of rotatable bonds is 2. The van der Waals surface area contributed by atoms with Gasteiger partial charge in [-0.25, -0.2) is 4.98 Å². The van der Waals surface area contributed by atoms with Gasteiger partial charge in [0.05, 0.1) is 5.69 Å². The van der Waals surface area contributed by atoms with Crippen LogP contribution in [0.3, 0.4) is 0 Å². The first kappa shape index (κ1) is 12.5. The molecule has 96 valence electrons. The molecule has 0 atom stereocenters. The molecular weight excluding hydrogens is 237 g/mol. The summed E-state index contributed by atoms with van der Waals surface area (Å²) in [5.41, 5.74) is 0.391. The van der Waals surface area contributed by atoms with Crippen LogP contribution in [-0.2, 0) is 4.79 Å². The van der Waals surface area contributed by atoms with Crippen molar-refractivity contribution >= 4 is 17.4 Å². The number of halogens is 1. The normalized spacial score (nSPS) is 15.7. The van der Waals surface area contributed by atoms with Crippen molar-refractivity contribution in [3.63, 3.8) is 0 Å². The fourth-order valence-electron chi connectivity index (χ4n) is 1.91. The van der Waals surface area contributed by atoms with Gasteiger partial charge in [-0.3, -0.25) is 9.59 Å². The van der Waals surface area contributed by atoms with Gasteiger partial charge in [-0.2, -0.15) is 4.39 Å². The fourth-order valence-corrected chi connectivity index (χ4v) is 1.91. The molecule has 18 heavy (non-hydrogen) atoms. The average Bonchev–Trinajstić information content (AvgIpc) is 2.39. The van der Waals surface area contributed by atoms with Crippen molar-refractivity contribution in [1.29, 1.82) is 0 Å². The second kappa shape index (κ2) is 5.12. The molecule has 0 aromatic carbocycles. The van der Waals surface area contributed by atoms with Crippen LogP contribution in [0.5, 0.6) is 0 Å². The highest BCUT2D eigenvalue weighted by Crippen LogP contribution is 2.21. The molecule has 1 aliphatic heterocycles. The van der Waals surface area contributed by atoms with Gasteiger partial charge >= 0.3 is 0 Å². The van der Waals surface area contributed by atoms with Gasteiger partial charge in [-0.1, -0.05) is 0 Å². The SMILES string of the molecule is CNC(=O)c1ccc(N2CCC(=O)CC2)c(F)n1. The molecule has 0 unspecified atom stereocenters. The molecule has 2 heterocycles. The lowest BCUT2D eigenvalue weighted by molar-refractivity contribution is -0.119. The first-order valence-electron chi connectivity index (χ1n) is 5.77. The summed E-state index contributed by atoms with van der Waals surface area (Å²) in [6, 6.07) is 3.01. The van der Waals surface area contributed by atoms with E-state index >= 15 is 0 Å². The molecule has 0 bridgehead atoms. The summed E-state index contributed by atoms with van der Waals surface area (Å²) in [6.07, 6.45) is 0.854. The number of nitrogens with zero attached hydrogens (tertiary/aromatic N) is 2. The topological polar surface area (TPSA) is 62.3 Å². The predicted molar refractivity (Wildman–Crippen MR) is 64.0 cm³/mol. The zero-order valence-electron chi connectivity index (χ0n) is 10.1. The third-order valence-electron chi connectivity index (χ3n) is 2.95. The quantitative estimate of drug-likeness (QED) is 0.788. The molecule has 2 rings (SSSR count). The van der Waals surface area contributed by atoms with E-state index in [0.29, 0.717) is 31.6 Å². The van der Waals surface area contributed by atoms with Crippen LogP contribution >= 0.6 is 0 Å². The Morgan fingerprint density at radius 2 is 2.06 bits per heavy atom. The maximum absolute atomic E-state index is 13.8. The van der Waals surface area contributed by atoms with Gasteiger partial charge in [0.2, 0.25) is 5.95 Å². The van der Waals surface area contributed by atoms with Crippen LogP contribution in [-0.4, -0.2) is 36.8 Å². The molecule has 0 aliphatic carbocycles. The summed E-state index contributed by atoms with van der Waals surface area (Å²) >= 11 is 0. The average molecular weight is 251 g/mol. The first-order valence-corrected chi connectivity index (χ1v) is 5.77. The van der Waals surface area contributed by atoms with E-state index in [1.54, 1.807) is 4.90 Å². The minimum atomic E-state index is -0.676. The Kier molecular flexibility index (Phi) is 3.55. The standard InChI is InChI=1S/C12H14FN3O2/c1-14-12(18)9-2-3-10(11(13)15-9)16-6-4-8(17)5-7-16/h2-3H,4-7H2,1H3,(H,14,18). The van der Waals surface area contributed by atoms with E-state index in [1.165, 1.54) is 19.2 Å². The van der Waals surface area contributed by atoms with E-state index in [-0.39, 0.29) is 11.5 Å². The Morgan fingerprint density at radius 1 is 1.39 bits per heavy atom. The van der Waals surface area contributed by atoms with Crippen molar-refractivity contribution in [1.82, 2.24) is 10.3 Å². The van der Waals surface area contributed by atoms with Crippen molar-refractivity contribution in [2.45, 2.75) is 12.8 Å². The Labute approximate surface area is 104 Å². The van der Waals surface area contributed by atoms with E-state index in [9.17, 15) is 14.0 Å². The van der Waals surface area contributed by atoms with Gasteiger partial charge in [0.15, 0.2) is 0 Å². The number of hydrogen-bond acceptors (Lipinski definition) is 4. The van der Waals surface area contributed by atoms with Crippen molar-refractivity contribution in [3.05, 3.63) is 23.8 Å². The van der Waals surface area contributed by atoms with Crippen LogP contribution in [0.15, 0.2) is 12.1 Å². The number of hydrogen-bond donors (Lipinski definition) is 1. The largest absolute Gasteiger partial charge is 0.367 e. The van der Waals surface area contributed by atoms with Gasteiger partial charge in [0.1, 0.15) is 11.5 Å². The molecule has 0 radical (unpaired) electrons. The molecule has 1 aliphatic rings. The van der Waals surface area contributed by atoms with Crippen molar-refractivity contribution in [3.8, 4) is 0 Å². The lowest BCUT2D eigenvalue weighted by Gasteiger charge is -2.28. The Bertz CT molecular complexity index is 480. The number of Topliss-reactive ketones (excluding diaryl/α,β-unsaturated/α-hetero) is 1. The number of pyridine rings is 1. The molecule has 6 heteroatoms. The highest BCUT2D eigenvalue weighted by atomic mass is 19.1. The smallest absolute Gasteiger partial charge is 0.269 e. The van der Waals surface area contributed by atoms with Crippen LogP contribution in [0.2, 0.25) is 0 Å². The van der Waals surface area contributed by atoms with Gasteiger partial charge in [0.25, 0.3) is 5.91 Å². The van der Waals surface area contributed by atoms with Crippen molar-refractivity contribution in [2.75, 3.05) is 25.0 Å². The minimum absolute atomic E-state index is 0.0480. The lowest BCUT2D eigenvalue weighted by Crippen LogP contribution is -2.34. The van der Waals surface area contributed by atoms with Crippen LogP contribution < -0.4 is 10.2 Å². The molecule has 5 nitrogen and oxygen atoms in total. The second-order valence-corrected chi connectivity index (χ2v) is 4.11. The highest BCUT2D eigenvalue weighted by molar-refractivity contribution is 5.92. The molecule has 1 N–H and O–H groups in total.